The molecule has 0 spiro atoms. The SMILES string of the molecule is COC(=O)[C@H](C)c1ccc(NC(=O)CCc2cnn(C)c2)cc1. The Hall–Kier alpha value is -2.63. The minimum Gasteiger partial charge on any atom is -0.469 e. The van der Waals surface area contributed by atoms with Crippen LogP contribution in [-0.2, 0) is 27.8 Å². The number of benzene rings is 1. The molecule has 0 aliphatic heterocycles. The highest BCUT2D eigenvalue weighted by Crippen LogP contribution is 2.19. The van der Waals surface area contributed by atoms with Crippen molar-refractivity contribution in [2.45, 2.75) is 25.7 Å². The first kappa shape index (κ1) is 16.7. The van der Waals surface area contributed by atoms with E-state index in [0.29, 0.717) is 18.5 Å². The van der Waals surface area contributed by atoms with Gasteiger partial charge in [0.2, 0.25) is 5.91 Å². The lowest BCUT2D eigenvalue weighted by Crippen LogP contribution is -2.13. The van der Waals surface area contributed by atoms with Gasteiger partial charge < -0.3 is 10.1 Å². The molecule has 6 heteroatoms. The monoisotopic (exact) mass is 315 g/mol. The topological polar surface area (TPSA) is 73.2 Å². The van der Waals surface area contributed by atoms with Crippen molar-refractivity contribution in [3.8, 4) is 0 Å². The summed E-state index contributed by atoms with van der Waals surface area (Å²) in [5.41, 5.74) is 2.59. The highest BCUT2D eigenvalue weighted by molar-refractivity contribution is 5.90. The van der Waals surface area contributed by atoms with Crippen molar-refractivity contribution in [3.05, 3.63) is 47.8 Å². The summed E-state index contributed by atoms with van der Waals surface area (Å²) in [7, 11) is 3.22. The normalized spacial score (nSPS) is 11.8. The van der Waals surface area contributed by atoms with Crippen molar-refractivity contribution < 1.29 is 14.3 Å². The molecule has 0 unspecified atom stereocenters. The molecule has 1 heterocycles. The highest BCUT2D eigenvalue weighted by atomic mass is 16.5. The summed E-state index contributed by atoms with van der Waals surface area (Å²) < 4.78 is 6.44. The number of rotatable bonds is 6. The average molecular weight is 315 g/mol. The number of nitrogens with zero attached hydrogens (tertiary/aromatic N) is 2. The molecule has 1 aromatic heterocycles. The van der Waals surface area contributed by atoms with Crippen LogP contribution in [0.1, 0.15) is 30.4 Å². The van der Waals surface area contributed by atoms with Crippen LogP contribution in [0.25, 0.3) is 0 Å². The zero-order chi connectivity index (χ0) is 16.8. The first-order chi connectivity index (χ1) is 11.0. The van der Waals surface area contributed by atoms with Gasteiger partial charge in [-0.15, -0.1) is 0 Å². The zero-order valence-electron chi connectivity index (χ0n) is 13.6. The smallest absolute Gasteiger partial charge is 0.312 e. The van der Waals surface area contributed by atoms with Crippen LogP contribution in [0.4, 0.5) is 5.69 Å². The van der Waals surface area contributed by atoms with E-state index in [4.69, 9.17) is 4.74 Å². The Morgan fingerprint density at radius 2 is 2.00 bits per heavy atom. The first-order valence-corrected chi connectivity index (χ1v) is 7.44. The molecule has 122 valence electrons. The van der Waals surface area contributed by atoms with Crippen LogP contribution in [0.3, 0.4) is 0 Å². The maximum absolute atomic E-state index is 12.0. The lowest BCUT2D eigenvalue weighted by Gasteiger charge is -2.10. The Kier molecular flexibility index (Phi) is 5.51. The van der Waals surface area contributed by atoms with Crippen LogP contribution < -0.4 is 5.32 Å². The number of carbonyl (C=O) groups excluding carboxylic acids is 2. The summed E-state index contributed by atoms with van der Waals surface area (Å²) >= 11 is 0. The molecule has 0 radical (unpaired) electrons. The highest BCUT2D eigenvalue weighted by Gasteiger charge is 2.15. The van der Waals surface area contributed by atoms with Gasteiger partial charge in [-0.05, 0) is 36.6 Å². The number of esters is 1. The van der Waals surface area contributed by atoms with Crippen molar-refractivity contribution in [1.82, 2.24) is 9.78 Å². The summed E-state index contributed by atoms with van der Waals surface area (Å²) in [6.45, 7) is 1.79. The van der Waals surface area contributed by atoms with Gasteiger partial charge in [0.1, 0.15) is 0 Å². The molecule has 1 aromatic carbocycles. The molecule has 0 aliphatic carbocycles. The number of aromatic nitrogens is 2. The molecule has 0 aliphatic rings. The molecule has 1 atom stereocenters. The first-order valence-electron chi connectivity index (χ1n) is 7.44. The minimum atomic E-state index is -0.324. The van der Waals surface area contributed by atoms with E-state index < -0.39 is 0 Å². The average Bonchev–Trinajstić information content (AvgIpc) is 2.97. The number of carbonyl (C=O) groups is 2. The number of amides is 1. The lowest BCUT2D eigenvalue weighted by atomic mass is 10.0. The lowest BCUT2D eigenvalue weighted by molar-refractivity contribution is -0.142. The quantitative estimate of drug-likeness (QED) is 0.830. The number of ether oxygens (including phenoxy) is 1. The number of hydrogen-bond donors (Lipinski definition) is 1. The van der Waals surface area contributed by atoms with Crippen molar-refractivity contribution in [2.24, 2.45) is 7.05 Å². The molecular weight excluding hydrogens is 294 g/mol. The van der Waals surface area contributed by atoms with Gasteiger partial charge in [0.05, 0.1) is 19.2 Å². The van der Waals surface area contributed by atoms with E-state index in [2.05, 4.69) is 10.4 Å². The molecule has 0 fully saturated rings. The summed E-state index contributed by atoms with van der Waals surface area (Å²) in [5.74, 6) is -0.656. The third-order valence-corrected chi connectivity index (χ3v) is 3.65. The van der Waals surface area contributed by atoms with E-state index in [1.165, 1.54) is 7.11 Å². The Morgan fingerprint density at radius 1 is 1.30 bits per heavy atom. The van der Waals surface area contributed by atoms with Gasteiger partial charge in [0.15, 0.2) is 0 Å². The standard InChI is InChI=1S/C17H21N3O3/c1-12(17(22)23-3)14-5-7-15(8-6-14)19-16(21)9-4-13-10-18-20(2)11-13/h5-8,10-12H,4,9H2,1-3H3,(H,19,21)/t12-/m1/s1. The van der Waals surface area contributed by atoms with E-state index >= 15 is 0 Å². The van der Waals surface area contributed by atoms with Crippen molar-refractivity contribution >= 4 is 17.6 Å². The van der Waals surface area contributed by atoms with Crippen LogP contribution in [-0.4, -0.2) is 28.8 Å². The van der Waals surface area contributed by atoms with Crippen LogP contribution >= 0.6 is 0 Å². The second-order valence-corrected chi connectivity index (χ2v) is 5.44. The number of nitrogens with one attached hydrogen (secondary N) is 1. The minimum absolute atomic E-state index is 0.0531. The van der Waals surface area contributed by atoms with Crippen LogP contribution in [0.5, 0.6) is 0 Å². The third-order valence-electron chi connectivity index (χ3n) is 3.65. The third kappa shape index (κ3) is 4.67. The van der Waals surface area contributed by atoms with Crippen LogP contribution in [0.15, 0.2) is 36.7 Å². The summed E-state index contributed by atoms with van der Waals surface area (Å²) in [5, 5.41) is 6.92. The van der Waals surface area contributed by atoms with Gasteiger partial charge in [-0.1, -0.05) is 12.1 Å². The van der Waals surface area contributed by atoms with Gasteiger partial charge in [-0.3, -0.25) is 14.3 Å². The van der Waals surface area contributed by atoms with Gasteiger partial charge in [0, 0.05) is 25.4 Å². The number of aryl methyl sites for hydroxylation is 2. The predicted octanol–water partition coefficient (Wildman–Crippen LogP) is 2.27. The fraction of sp³-hybridized carbons (Fsp3) is 0.353. The molecule has 0 saturated carbocycles. The number of hydrogen-bond acceptors (Lipinski definition) is 4. The summed E-state index contributed by atoms with van der Waals surface area (Å²) in [4.78, 5) is 23.5. The van der Waals surface area contributed by atoms with E-state index in [1.54, 1.807) is 29.9 Å². The largest absolute Gasteiger partial charge is 0.469 e. The molecule has 0 bridgehead atoms. The molecule has 23 heavy (non-hydrogen) atoms. The van der Waals surface area contributed by atoms with Gasteiger partial charge in [0.25, 0.3) is 0 Å². The molecule has 0 saturated heterocycles. The Bertz CT molecular complexity index is 677. The van der Waals surface area contributed by atoms with E-state index in [1.807, 2.05) is 25.4 Å². The van der Waals surface area contributed by atoms with Crippen molar-refractivity contribution in [1.29, 1.82) is 0 Å². The van der Waals surface area contributed by atoms with Crippen molar-refractivity contribution in [2.75, 3.05) is 12.4 Å². The van der Waals surface area contributed by atoms with Gasteiger partial charge in [-0.25, -0.2) is 0 Å². The van der Waals surface area contributed by atoms with Gasteiger partial charge in [-0.2, -0.15) is 5.10 Å². The molecule has 2 aromatic rings. The second-order valence-electron chi connectivity index (χ2n) is 5.44. The molecule has 6 nitrogen and oxygen atoms in total. The van der Waals surface area contributed by atoms with E-state index in [0.717, 1.165) is 11.1 Å². The summed E-state index contributed by atoms with van der Waals surface area (Å²) in [6, 6.07) is 7.21. The maximum atomic E-state index is 12.0. The summed E-state index contributed by atoms with van der Waals surface area (Å²) in [6.07, 6.45) is 4.70. The maximum Gasteiger partial charge on any atom is 0.312 e. The Labute approximate surface area is 135 Å². The number of anilines is 1. The van der Waals surface area contributed by atoms with Crippen LogP contribution in [0, 0.1) is 0 Å². The van der Waals surface area contributed by atoms with Gasteiger partial charge >= 0.3 is 5.97 Å². The number of methoxy groups -OCH3 is 1. The fourth-order valence-electron chi connectivity index (χ4n) is 2.25. The van der Waals surface area contributed by atoms with E-state index in [9.17, 15) is 9.59 Å². The Balaban J connectivity index is 1.87. The Morgan fingerprint density at radius 3 is 2.57 bits per heavy atom. The zero-order valence-corrected chi connectivity index (χ0v) is 13.6. The van der Waals surface area contributed by atoms with E-state index in [-0.39, 0.29) is 17.8 Å². The molecule has 1 N–H and O–H groups in total. The predicted molar refractivity (Wildman–Crippen MR) is 87.0 cm³/mol. The second kappa shape index (κ2) is 7.58. The molecular formula is C17H21N3O3. The van der Waals surface area contributed by atoms with Crippen LogP contribution in [0.2, 0.25) is 0 Å². The fourth-order valence-corrected chi connectivity index (χ4v) is 2.25. The molecule has 2 rings (SSSR count). The van der Waals surface area contributed by atoms with Crippen molar-refractivity contribution in [3.63, 3.8) is 0 Å². The molecule has 1 amide bonds.